The third-order valence-corrected chi connectivity index (χ3v) is 8.15. The number of benzene rings is 1. The van der Waals surface area contributed by atoms with Gasteiger partial charge >= 0.3 is 6.18 Å². The third kappa shape index (κ3) is 2.07. The molecule has 128 valence electrons. The minimum atomic E-state index is -4.69. The van der Waals surface area contributed by atoms with Crippen molar-refractivity contribution in [2.75, 3.05) is 10.8 Å². The smallest absolute Gasteiger partial charge is 0.270 e. The number of halogens is 3. The number of fused-ring (bicyclic) bond motifs is 5. The van der Waals surface area contributed by atoms with Crippen LogP contribution in [0.5, 0.6) is 0 Å². The molecule has 1 aromatic carbocycles. The van der Waals surface area contributed by atoms with Crippen LogP contribution in [0.2, 0.25) is 0 Å². The average molecular weight is 356 g/mol. The molecule has 0 radical (unpaired) electrons. The maximum atomic E-state index is 13.1. The van der Waals surface area contributed by atoms with E-state index in [1.165, 1.54) is 12.1 Å². The van der Waals surface area contributed by atoms with Crippen LogP contribution in [0.25, 0.3) is 0 Å². The van der Waals surface area contributed by atoms with E-state index >= 15 is 0 Å². The molecule has 0 unspecified atom stereocenters. The van der Waals surface area contributed by atoms with Crippen LogP contribution >= 0.6 is 0 Å². The van der Waals surface area contributed by atoms with Gasteiger partial charge in [0.15, 0.2) is 0 Å². The maximum Gasteiger partial charge on any atom is 0.417 e. The van der Waals surface area contributed by atoms with E-state index in [1.54, 1.807) is 0 Å². The number of hydrogen-bond donors (Lipinski definition) is 0. The number of nitriles is 1. The van der Waals surface area contributed by atoms with Crippen molar-refractivity contribution in [1.29, 1.82) is 5.26 Å². The quantitative estimate of drug-likeness (QED) is 0.777. The van der Waals surface area contributed by atoms with E-state index in [-0.39, 0.29) is 24.1 Å². The standard InChI is InChI=1S/C16H15F3N2O2S/c17-16(18,19)14-6-12(4-3-11(14)7-20)21-8-13-9-1-2-10(5-9)15(13)24(21,22)23/h3-4,6,9-10,13,15H,1-2,5,8H2/t9-,10+,13+,15-/m1/s1. The molecule has 2 aliphatic carbocycles. The molecule has 1 aromatic rings. The topological polar surface area (TPSA) is 61.2 Å². The zero-order valence-corrected chi connectivity index (χ0v) is 13.4. The molecular weight excluding hydrogens is 341 g/mol. The zero-order valence-electron chi connectivity index (χ0n) is 12.6. The Hall–Kier alpha value is -1.75. The Kier molecular flexibility index (Phi) is 3.21. The number of anilines is 1. The average Bonchev–Trinajstić information content (AvgIpc) is 3.18. The van der Waals surface area contributed by atoms with Crippen LogP contribution in [0.3, 0.4) is 0 Å². The summed E-state index contributed by atoms with van der Waals surface area (Å²) in [5.74, 6) is 0.509. The van der Waals surface area contributed by atoms with Gasteiger partial charge in [-0.05, 0) is 55.2 Å². The fourth-order valence-electron chi connectivity index (χ4n) is 4.79. The van der Waals surface area contributed by atoms with Crippen molar-refractivity contribution >= 4 is 15.7 Å². The van der Waals surface area contributed by atoms with Gasteiger partial charge in [-0.2, -0.15) is 18.4 Å². The van der Waals surface area contributed by atoms with Gasteiger partial charge < -0.3 is 0 Å². The van der Waals surface area contributed by atoms with E-state index in [4.69, 9.17) is 5.26 Å². The number of nitrogens with zero attached hydrogens (tertiary/aromatic N) is 2. The Bertz CT molecular complexity index is 844. The van der Waals surface area contributed by atoms with Crippen molar-refractivity contribution in [3.63, 3.8) is 0 Å². The van der Waals surface area contributed by atoms with E-state index in [0.717, 1.165) is 35.7 Å². The molecule has 1 saturated heterocycles. The molecule has 4 atom stereocenters. The van der Waals surface area contributed by atoms with Crippen LogP contribution in [0.1, 0.15) is 30.4 Å². The summed E-state index contributed by atoms with van der Waals surface area (Å²) in [4.78, 5) is 0. The van der Waals surface area contributed by atoms with Gasteiger partial charge in [-0.25, -0.2) is 8.42 Å². The van der Waals surface area contributed by atoms with Crippen LogP contribution in [0.4, 0.5) is 18.9 Å². The summed E-state index contributed by atoms with van der Waals surface area (Å²) in [5, 5.41) is 8.41. The van der Waals surface area contributed by atoms with Crippen LogP contribution < -0.4 is 4.31 Å². The van der Waals surface area contributed by atoms with Crippen LogP contribution in [0, 0.1) is 29.1 Å². The number of alkyl halides is 3. The highest BCUT2D eigenvalue weighted by Crippen LogP contribution is 2.55. The van der Waals surface area contributed by atoms with Crippen molar-refractivity contribution in [2.24, 2.45) is 17.8 Å². The molecule has 1 aliphatic heterocycles. The summed E-state index contributed by atoms with van der Waals surface area (Å²) in [7, 11) is -3.65. The Morgan fingerprint density at radius 1 is 1.21 bits per heavy atom. The molecule has 1 heterocycles. The summed E-state index contributed by atoms with van der Waals surface area (Å²) in [6.45, 7) is 0.247. The zero-order chi connectivity index (χ0) is 17.3. The Morgan fingerprint density at radius 2 is 1.92 bits per heavy atom. The van der Waals surface area contributed by atoms with Gasteiger partial charge in [-0.15, -0.1) is 0 Å². The number of rotatable bonds is 1. The van der Waals surface area contributed by atoms with Crippen molar-refractivity contribution < 1.29 is 21.6 Å². The van der Waals surface area contributed by atoms with E-state index in [1.807, 2.05) is 0 Å². The monoisotopic (exact) mass is 356 g/mol. The minimum Gasteiger partial charge on any atom is -0.270 e. The first-order valence-electron chi connectivity index (χ1n) is 7.86. The van der Waals surface area contributed by atoms with E-state index in [0.29, 0.717) is 5.92 Å². The summed E-state index contributed by atoms with van der Waals surface area (Å²) in [6, 6.07) is 4.66. The van der Waals surface area contributed by atoms with Crippen molar-refractivity contribution in [2.45, 2.75) is 30.7 Å². The highest BCUT2D eigenvalue weighted by atomic mass is 32.2. The second kappa shape index (κ2) is 4.88. The predicted octanol–water partition coefficient (Wildman–Crippen LogP) is 3.14. The summed E-state index contributed by atoms with van der Waals surface area (Å²) in [6.07, 6.45) is -1.88. The molecule has 2 bridgehead atoms. The van der Waals surface area contributed by atoms with Crippen LogP contribution in [-0.2, 0) is 16.2 Å². The van der Waals surface area contributed by atoms with Crippen molar-refractivity contribution in [3.8, 4) is 6.07 Å². The largest absolute Gasteiger partial charge is 0.417 e. The maximum absolute atomic E-state index is 13.1. The second-order valence-electron chi connectivity index (χ2n) is 6.88. The molecule has 4 rings (SSSR count). The Morgan fingerprint density at radius 3 is 2.54 bits per heavy atom. The molecule has 24 heavy (non-hydrogen) atoms. The molecule has 2 saturated carbocycles. The summed E-state index contributed by atoms with van der Waals surface area (Å²) < 4.78 is 66.3. The summed E-state index contributed by atoms with van der Waals surface area (Å²) in [5.41, 5.74) is -1.57. The van der Waals surface area contributed by atoms with Crippen molar-refractivity contribution in [3.05, 3.63) is 29.3 Å². The molecule has 3 fully saturated rings. The first-order valence-corrected chi connectivity index (χ1v) is 9.36. The fraction of sp³-hybridized carbons (Fsp3) is 0.562. The van der Waals surface area contributed by atoms with Gasteiger partial charge in [-0.3, -0.25) is 4.31 Å². The minimum absolute atomic E-state index is 0.00938. The Balaban J connectivity index is 1.77. The SMILES string of the molecule is N#Cc1ccc(N2C[C@H]3[C@@H]4CC[C@@H](C4)[C@H]3S2(=O)=O)cc1C(F)(F)F. The lowest BCUT2D eigenvalue weighted by Gasteiger charge is -2.22. The highest BCUT2D eigenvalue weighted by molar-refractivity contribution is 7.93. The second-order valence-corrected chi connectivity index (χ2v) is 8.89. The van der Waals surface area contributed by atoms with Gasteiger partial charge in [0.05, 0.1) is 28.1 Å². The normalized spacial score (nSPS) is 33.5. The third-order valence-electron chi connectivity index (χ3n) is 5.75. The molecule has 0 amide bonds. The fourth-order valence-corrected chi connectivity index (χ4v) is 7.35. The first kappa shape index (κ1) is 15.8. The van der Waals surface area contributed by atoms with E-state index in [2.05, 4.69) is 0 Å². The number of hydrogen-bond acceptors (Lipinski definition) is 3. The van der Waals surface area contributed by atoms with Gasteiger partial charge in [0, 0.05) is 6.54 Å². The molecule has 4 nitrogen and oxygen atoms in total. The van der Waals surface area contributed by atoms with E-state index in [9.17, 15) is 21.6 Å². The molecule has 3 aliphatic rings. The van der Waals surface area contributed by atoms with Crippen LogP contribution in [-0.4, -0.2) is 20.2 Å². The lowest BCUT2D eigenvalue weighted by molar-refractivity contribution is -0.137. The molecule has 0 aromatic heterocycles. The molecular formula is C16H15F3N2O2S. The lowest BCUT2D eigenvalue weighted by atomic mass is 9.88. The van der Waals surface area contributed by atoms with Gasteiger partial charge in [0.2, 0.25) is 10.0 Å². The van der Waals surface area contributed by atoms with Gasteiger partial charge in [0.1, 0.15) is 0 Å². The van der Waals surface area contributed by atoms with Crippen molar-refractivity contribution in [1.82, 2.24) is 0 Å². The lowest BCUT2D eigenvalue weighted by Crippen LogP contribution is -2.33. The number of sulfonamides is 1. The molecule has 0 N–H and O–H groups in total. The predicted molar refractivity (Wildman–Crippen MR) is 80.5 cm³/mol. The van der Waals surface area contributed by atoms with Crippen LogP contribution in [0.15, 0.2) is 18.2 Å². The van der Waals surface area contributed by atoms with Gasteiger partial charge in [0.25, 0.3) is 0 Å². The first-order chi connectivity index (χ1) is 11.2. The van der Waals surface area contributed by atoms with Gasteiger partial charge in [-0.1, -0.05) is 0 Å². The summed E-state index contributed by atoms with van der Waals surface area (Å²) >= 11 is 0. The molecule has 0 spiro atoms. The molecule has 8 heteroatoms. The Labute approximate surface area is 137 Å². The van der Waals surface area contributed by atoms with E-state index < -0.39 is 32.6 Å². The highest BCUT2D eigenvalue weighted by Gasteiger charge is 2.59.